The van der Waals surface area contributed by atoms with Crippen LogP contribution in [-0.2, 0) is 32.4 Å². The van der Waals surface area contributed by atoms with E-state index >= 15 is 0 Å². The van der Waals surface area contributed by atoms with Crippen LogP contribution in [0.4, 0.5) is 0 Å². The Labute approximate surface area is 287 Å². The van der Waals surface area contributed by atoms with Crippen molar-refractivity contribution in [1.82, 2.24) is 20.9 Å². The highest BCUT2D eigenvalue weighted by molar-refractivity contribution is 7.92. The van der Waals surface area contributed by atoms with Crippen LogP contribution in [-0.4, -0.2) is 89.2 Å². The lowest BCUT2D eigenvalue weighted by Crippen LogP contribution is -2.63. The molecule has 0 radical (unpaired) electrons. The number of benzene rings is 2. The van der Waals surface area contributed by atoms with Gasteiger partial charge in [0.25, 0.3) is 0 Å². The number of nitrogens with zero attached hydrogens (tertiary/aromatic N) is 1. The number of piperidine rings is 1. The summed E-state index contributed by atoms with van der Waals surface area (Å²) in [6.45, 7) is 10.0. The van der Waals surface area contributed by atoms with Crippen LogP contribution in [0.3, 0.4) is 0 Å². The predicted molar refractivity (Wildman–Crippen MR) is 189 cm³/mol. The fourth-order valence-electron chi connectivity index (χ4n) is 7.11. The van der Waals surface area contributed by atoms with Gasteiger partial charge >= 0.3 is 0 Å². The van der Waals surface area contributed by atoms with Gasteiger partial charge in [-0.2, -0.15) is 0 Å². The molecule has 4 rings (SSSR count). The first-order chi connectivity index (χ1) is 22.4. The van der Waals surface area contributed by atoms with Gasteiger partial charge in [0, 0.05) is 31.4 Å². The first-order valence-electron chi connectivity index (χ1n) is 17.2. The zero-order chi connectivity index (χ0) is 35.3. The summed E-state index contributed by atoms with van der Waals surface area (Å²) in [5.74, 6) is 0.443. The Bertz CT molecular complexity index is 1480. The molecule has 11 heteroatoms. The zero-order valence-electron chi connectivity index (χ0n) is 29.4. The molecule has 2 aromatic carbocycles. The highest BCUT2D eigenvalue weighted by Crippen LogP contribution is 2.39. The van der Waals surface area contributed by atoms with Crippen LogP contribution < -0.4 is 16.0 Å². The number of carbonyl (C=O) groups excluding carboxylic acids is 2. The third kappa shape index (κ3) is 10.0. The molecule has 2 amide bonds. The number of hydrogen-bond acceptors (Lipinski definition) is 8. The number of phenols is 1. The molecule has 10 nitrogen and oxygen atoms in total. The van der Waals surface area contributed by atoms with Crippen molar-refractivity contribution in [2.75, 3.05) is 19.3 Å². The van der Waals surface area contributed by atoms with Crippen LogP contribution in [0.1, 0.15) is 77.8 Å². The van der Waals surface area contributed by atoms with Gasteiger partial charge in [-0.1, -0.05) is 61.7 Å². The Morgan fingerprint density at radius 1 is 0.938 bits per heavy atom. The normalized spacial score (nSPS) is 22.6. The van der Waals surface area contributed by atoms with Crippen molar-refractivity contribution in [3.8, 4) is 5.75 Å². The van der Waals surface area contributed by atoms with Gasteiger partial charge in [-0.15, -0.1) is 0 Å². The number of fused-ring (bicyclic) bond motifs is 1. The van der Waals surface area contributed by atoms with Crippen molar-refractivity contribution in [3.63, 3.8) is 0 Å². The molecule has 1 saturated heterocycles. The molecule has 0 bridgehead atoms. The summed E-state index contributed by atoms with van der Waals surface area (Å²) in [6.07, 6.45) is 5.68. The third-order valence-electron chi connectivity index (χ3n) is 10.2. The number of nitrogens with one attached hydrogen (secondary N) is 3. The number of aromatic hydroxyl groups is 1. The molecular weight excluding hydrogens is 628 g/mol. The van der Waals surface area contributed by atoms with Gasteiger partial charge in [0.2, 0.25) is 11.8 Å². The van der Waals surface area contributed by atoms with Gasteiger partial charge < -0.3 is 26.2 Å². The monoisotopic (exact) mass is 684 g/mol. The number of amides is 2. The maximum Gasteiger partial charge on any atom is 0.239 e. The first kappa shape index (κ1) is 37.8. The summed E-state index contributed by atoms with van der Waals surface area (Å²) in [4.78, 5) is 29.9. The molecule has 0 spiro atoms. The molecule has 1 saturated carbocycles. The third-order valence-corrected chi connectivity index (χ3v) is 12.3. The largest absolute Gasteiger partial charge is 0.508 e. The average Bonchev–Trinajstić information content (AvgIpc) is 3.00. The molecule has 2 fully saturated rings. The van der Waals surface area contributed by atoms with Gasteiger partial charge in [0.15, 0.2) is 9.84 Å². The predicted octanol–water partition coefficient (Wildman–Crippen LogP) is 3.56. The van der Waals surface area contributed by atoms with Gasteiger partial charge in [-0.05, 0) is 89.0 Å². The number of likely N-dealkylation sites (tertiary alicyclic amines) is 1. The summed E-state index contributed by atoms with van der Waals surface area (Å²) in [5.41, 5.74) is 1.27. The molecule has 2 aliphatic rings. The highest BCUT2D eigenvalue weighted by Gasteiger charge is 2.45. The van der Waals surface area contributed by atoms with E-state index in [1.54, 1.807) is 12.1 Å². The second-order valence-electron chi connectivity index (χ2n) is 15.5. The first-order valence-corrected chi connectivity index (χ1v) is 19.1. The van der Waals surface area contributed by atoms with E-state index in [9.17, 15) is 28.2 Å². The maximum absolute atomic E-state index is 14.2. The molecule has 1 aliphatic heterocycles. The minimum absolute atomic E-state index is 0.0456. The molecule has 6 unspecified atom stereocenters. The van der Waals surface area contributed by atoms with E-state index in [0.29, 0.717) is 24.8 Å². The number of hydrogen-bond donors (Lipinski definition) is 5. The van der Waals surface area contributed by atoms with Crippen LogP contribution >= 0.6 is 0 Å². The Morgan fingerprint density at radius 3 is 2.17 bits per heavy atom. The van der Waals surface area contributed by atoms with Gasteiger partial charge in [-0.3, -0.25) is 14.5 Å². The van der Waals surface area contributed by atoms with Crippen molar-refractivity contribution >= 4 is 21.7 Å². The van der Waals surface area contributed by atoms with Gasteiger partial charge in [-0.25, -0.2) is 8.42 Å². The maximum atomic E-state index is 14.2. The summed E-state index contributed by atoms with van der Waals surface area (Å²) in [7, 11) is -3.72. The van der Waals surface area contributed by atoms with Crippen LogP contribution in [0.5, 0.6) is 5.75 Å². The summed E-state index contributed by atoms with van der Waals surface area (Å²) in [6, 6.07) is 13.7. The van der Waals surface area contributed by atoms with E-state index in [0.717, 1.165) is 43.1 Å². The molecule has 6 atom stereocenters. The van der Waals surface area contributed by atoms with E-state index in [2.05, 4.69) is 20.9 Å². The Morgan fingerprint density at radius 2 is 1.56 bits per heavy atom. The lowest BCUT2D eigenvalue weighted by molar-refractivity contribution is -0.133. The second kappa shape index (κ2) is 15.7. The van der Waals surface area contributed by atoms with Crippen LogP contribution in [0.2, 0.25) is 0 Å². The highest BCUT2D eigenvalue weighted by atomic mass is 32.2. The van der Waals surface area contributed by atoms with Gasteiger partial charge in [0.05, 0.1) is 22.9 Å². The number of sulfone groups is 1. The lowest BCUT2D eigenvalue weighted by Gasteiger charge is -2.47. The van der Waals surface area contributed by atoms with E-state index in [4.69, 9.17) is 0 Å². The van der Waals surface area contributed by atoms with Crippen molar-refractivity contribution in [2.45, 2.75) is 114 Å². The van der Waals surface area contributed by atoms with Crippen LogP contribution in [0.15, 0.2) is 54.6 Å². The number of aliphatic hydroxyl groups is 1. The molecule has 0 aromatic heterocycles. The molecule has 2 aromatic rings. The van der Waals surface area contributed by atoms with E-state index in [-0.39, 0.29) is 24.7 Å². The minimum atomic E-state index is -3.72. The smallest absolute Gasteiger partial charge is 0.239 e. The summed E-state index contributed by atoms with van der Waals surface area (Å²) in [5, 5.41) is 31.0. The molecule has 1 aliphatic carbocycles. The lowest BCUT2D eigenvalue weighted by atomic mass is 9.72. The Hall–Kier alpha value is -2.99. The molecule has 266 valence electrons. The van der Waals surface area contributed by atoms with Crippen LogP contribution in [0, 0.1) is 11.8 Å². The molecular formula is C37H56N4O6S. The molecule has 5 N–H and O–H groups in total. The number of aliphatic hydroxyl groups excluding tert-OH is 1. The number of phenolic OH excluding ortho intramolecular Hbond substituents is 1. The standard InChI is InChI=1S/C37H56N4O6S/c1-36(2,3)40-34(44)31-21-27-14-10-11-15-28(27)23-41(31)24-32(43)30(20-25-12-8-7-9-13-25)39-35(45)33(37(4,5)48(6,46)47)38-22-26-16-18-29(42)19-17-26/h7-9,12-13,16-19,27-28,30-33,38,42-43H,10-11,14-15,20-24H2,1-6H3,(H,39,45)(H,40,44). The Balaban J connectivity index is 1.60. The quantitative estimate of drug-likeness (QED) is 0.215. The van der Waals surface area contributed by atoms with Crippen molar-refractivity contribution < 1.29 is 28.2 Å². The molecule has 48 heavy (non-hydrogen) atoms. The van der Waals surface area contributed by atoms with E-state index < -0.39 is 50.3 Å². The average molecular weight is 685 g/mol. The van der Waals surface area contributed by atoms with Crippen molar-refractivity contribution in [2.24, 2.45) is 11.8 Å². The van der Waals surface area contributed by atoms with E-state index in [1.807, 2.05) is 51.1 Å². The summed E-state index contributed by atoms with van der Waals surface area (Å²) >= 11 is 0. The minimum Gasteiger partial charge on any atom is -0.508 e. The fourth-order valence-corrected chi connectivity index (χ4v) is 7.73. The Kier molecular flexibility index (Phi) is 12.4. The number of rotatable bonds is 13. The topological polar surface area (TPSA) is 148 Å². The summed E-state index contributed by atoms with van der Waals surface area (Å²) < 4.78 is 24.5. The number of carbonyl (C=O) groups is 2. The second-order valence-corrected chi connectivity index (χ2v) is 18.1. The van der Waals surface area contributed by atoms with Crippen molar-refractivity contribution in [3.05, 3.63) is 65.7 Å². The SMILES string of the molecule is CC(C)(C)NC(=O)C1CC2CCCCC2CN1CC(O)C(Cc1ccccc1)NC(=O)C(NCc1ccc(O)cc1)C(C)(C)S(C)(=O)=O. The van der Waals surface area contributed by atoms with Crippen LogP contribution in [0.25, 0.3) is 0 Å². The molecule has 1 heterocycles. The fraction of sp³-hybridized carbons (Fsp3) is 0.622. The zero-order valence-corrected chi connectivity index (χ0v) is 30.2. The van der Waals surface area contributed by atoms with Gasteiger partial charge in [0.1, 0.15) is 11.8 Å². The van der Waals surface area contributed by atoms with Crippen molar-refractivity contribution in [1.29, 1.82) is 0 Å². The van der Waals surface area contributed by atoms with E-state index in [1.165, 1.54) is 32.4 Å². The number of β-amino-alcohol motifs (C(OH)–C–C–N with tert-alkyl or cyclic N) is 1.